The van der Waals surface area contributed by atoms with Gasteiger partial charge in [-0.1, -0.05) is 12.1 Å². The van der Waals surface area contributed by atoms with E-state index < -0.39 is 11.7 Å². The van der Waals surface area contributed by atoms with E-state index in [1.165, 1.54) is 12.1 Å². The van der Waals surface area contributed by atoms with E-state index in [4.69, 9.17) is 0 Å². The van der Waals surface area contributed by atoms with Crippen LogP contribution < -0.4 is 5.32 Å². The number of benzene rings is 1. The molecule has 1 unspecified atom stereocenters. The second-order valence-electron chi connectivity index (χ2n) is 4.03. The van der Waals surface area contributed by atoms with Crippen molar-refractivity contribution in [2.75, 3.05) is 7.05 Å². The first-order chi connectivity index (χ1) is 8.91. The first kappa shape index (κ1) is 14.8. The van der Waals surface area contributed by atoms with Crippen LogP contribution in [0.5, 0.6) is 0 Å². The van der Waals surface area contributed by atoms with Crippen molar-refractivity contribution >= 4 is 33.9 Å². The molecule has 102 valence electrons. The lowest BCUT2D eigenvalue weighted by Crippen LogP contribution is -2.17. The Morgan fingerprint density at radius 3 is 2.21 bits per heavy atom. The van der Waals surface area contributed by atoms with Crippen LogP contribution in [0.2, 0.25) is 0 Å². The van der Waals surface area contributed by atoms with E-state index in [0.717, 1.165) is 26.1 Å². The molecule has 1 aromatic carbocycles. The first-order valence-corrected chi connectivity index (χ1v) is 7.46. The van der Waals surface area contributed by atoms with Gasteiger partial charge in [0, 0.05) is 0 Å². The van der Waals surface area contributed by atoms with Gasteiger partial charge < -0.3 is 5.32 Å². The van der Waals surface area contributed by atoms with Crippen molar-refractivity contribution in [3.63, 3.8) is 0 Å². The molecule has 0 aliphatic carbocycles. The monoisotopic (exact) mass is 397 g/mol. The quantitative estimate of drug-likeness (QED) is 0.742. The molecule has 6 heteroatoms. The maximum absolute atomic E-state index is 12.5. The highest BCUT2D eigenvalue weighted by atomic mass is 127. The molecule has 1 nitrogen and oxygen atoms in total. The van der Waals surface area contributed by atoms with Crippen molar-refractivity contribution in [1.82, 2.24) is 5.32 Å². The van der Waals surface area contributed by atoms with Crippen LogP contribution >= 0.6 is 33.9 Å². The molecule has 1 N–H and O–H groups in total. The fraction of sp³-hybridized carbons (Fsp3) is 0.231. The fourth-order valence-electron chi connectivity index (χ4n) is 1.87. The summed E-state index contributed by atoms with van der Waals surface area (Å²) in [6.07, 6.45) is -4.29. The topological polar surface area (TPSA) is 12.0 Å². The molecule has 0 fully saturated rings. The van der Waals surface area contributed by atoms with Crippen LogP contribution in [0.3, 0.4) is 0 Å². The van der Waals surface area contributed by atoms with Crippen molar-refractivity contribution in [2.24, 2.45) is 0 Å². The molecule has 1 atom stereocenters. The van der Waals surface area contributed by atoms with Gasteiger partial charge in [0.25, 0.3) is 0 Å². The van der Waals surface area contributed by atoms with Crippen LogP contribution in [-0.2, 0) is 6.18 Å². The molecule has 0 radical (unpaired) electrons. The van der Waals surface area contributed by atoms with Gasteiger partial charge in [-0.3, -0.25) is 0 Å². The summed E-state index contributed by atoms with van der Waals surface area (Å²) in [4.78, 5) is 0. The zero-order valence-corrected chi connectivity index (χ0v) is 12.9. The summed E-state index contributed by atoms with van der Waals surface area (Å²) in [6.45, 7) is 0. The minimum atomic E-state index is -4.29. The highest BCUT2D eigenvalue weighted by Crippen LogP contribution is 2.32. The lowest BCUT2D eigenvalue weighted by atomic mass is 10.00. The molecule has 0 bridgehead atoms. The SMILES string of the molecule is CNC(c1ccc(C(F)(F)F)cc1)c1csc(I)c1. The number of alkyl halides is 3. The fourth-order valence-corrected chi connectivity index (χ4v) is 3.26. The summed E-state index contributed by atoms with van der Waals surface area (Å²) in [5.74, 6) is 0. The van der Waals surface area contributed by atoms with Crippen LogP contribution in [-0.4, -0.2) is 7.05 Å². The van der Waals surface area contributed by atoms with E-state index >= 15 is 0 Å². The number of rotatable bonds is 3. The van der Waals surface area contributed by atoms with Gasteiger partial charge in [0.15, 0.2) is 0 Å². The highest BCUT2D eigenvalue weighted by molar-refractivity contribution is 14.1. The van der Waals surface area contributed by atoms with Crippen molar-refractivity contribution in [3.05, 3.63) is 55.3 Å². The lowest BCUT2D eigenvalue weighted by molar-refractivity contribution is -0.137. The molecule has 2 aromatic rings. The molecule has 0 spiro atoms. The molecule has 0 aliphatic rings. The molecule has 0 saturated carbocycles. The van der Waals surface area contributed by atoms with Gasteiger partial charge in [-0.25, -0.2) is 0 Å². The zero-order chi connectivity index (χ0) is 14.0. The van der Waals surface area contributed by atoms with Gasteiger partial charge in [-0.15, -0.1) is 11.3 Å². The van der Waals surface area contributed by atoms with E-state index in [0.29, 0.717) is 0 Å². The molecular weight excluding hydrogens is 386 g/mol. The summed E-state index contributed by atoms with van der Waals surface area (Å²) >= 11 is 3.84. The third-order valence-corrected chi connectivity index (χ3v) is 4.59. The smallest absolute Gasteiger partial charge is 0.309 e. The Morgan fingerprint density at radius 1 is 1.16 bits per heavy atom. The lowest BCUT2D eigenvalue weighted by Gasteiger charge is -2.16. The molecule has 1 aromatic heterocycles. The van der Waals surface area contributed by atoms with Crippen molar-refractivity contribution < 1.29 is 13.2 Å². The number of nitrogens with one attached hydrogen (secondary N) is 1. The Bertz CT molecular complexity index is 548. The summed E-state index contributed by atoms with van der Waals surface area (Å²) in [6, 6.07) is 7.24. The minimum absolute atomic E-state index is 0.0814. The maximum Gasteiger partial charge on any atom is 0.416 e. The van der Waals surface area contributed by atoms with Gasteiger partial charge in [-0.2, -0.15) is 13.2 Å². The standard InChI is InChI=1S/C13H11F3INS/c1-18-12(9-6-11(17)19-7-9)8-2-4-10(5-3-8)13(14,15)16/h2-7,12,18H,1H3. The Morgan fingerprint density at radius 2 is 1.79 bits per heavy atom. The number of hydrogen-bond donors (Lipinski definition) is 1. The van der Waals surface area contributed by atoms with Crippen LogP contribution in [0.1, 0.15) is 22.7 Å². The van der Waals surface area contributed by atoms with Gasteiger partial charge in [0.05, 0.1) is 14.5 Å². The molecule has 0 aliphatic heterocycles. The predicted molar refractivity (Wildman–Crippen MR) is 79.4 cm³/mol. The second-order valence-corrected chi connectivity index (χ2v) is 6.83. The van der Waals surface area contributed by atoms with Crippen molar-refractivity contribution in [1.29, 1.82) is 0 Å². The summed E-state index contributed by atoms with van der Waals surface area (Å²) in [5.41, 5.74) is 1.27. The zero-order valence-electron chi connectivity index (χ0n) is 9.96. The van der Waals surface area contributed by atoms with Crippen LogP contribution in [0.15, 0.2) is 35.7 Å². The molecule has 19 heavy (non-hydrogen) atoms. The Kier molecular flexibility index (Phi) is 4.52. The highest BCUT2D eigenvalue weighted by Gasteiger charge is 2.30. The number of halogens is 4. The van der Waals surface area contributed by atoms with E-state index in [-0.39, 0.29) is 6.04 Å². The Balaban J connectivity index is 2.30. The predicted octanol–water partition coefficient (Wildman–Crippen LogP) is 4.68. The normalized spacial score (nSPS) is 13.5. The van der Waals surface area contributed by atoms with Crippen molar-refractivity contribution in [2.45, 2.75) is 12.2 Å². The molecule has 1 heterocycles. The minimum Gasteiger partial charge on any atom is -0.309 e. The van der Waals surface area contributed by atoms with E-state index in [1.807, 2.05) is 11.4 Å². The Hall–Kier alpha value is -0.600. The first-order valence-electron chi connectivity index (χ1n) is 5.50. The average molecular weight is 397 g/mol. The third-order valence-electron chi connectivity index (χ3n) is 2.78. The van der Waals surface area contributed by atoms with E-state index in [2.05, 4.69) is 27.9 Å². The van der Waals surface area contributed by atoms with Gasteiger partial charge in [-0.05, 0) is 64.3 Å². The third kappa shape index (κ3) is 3.49. The number of hydrogen-bond acceptors (Lipinski definition) is 2. The number of thiophene rings is 1. The molecule has 2 rings (SSSR count). The van der Waals surface area contributed by atoms with Gasteiger partial charge >= 0.3 is 6.18 Å². The van der Waals surface area contributed by atoms with Crippen LogP contribution in [0, 0.1) is 2.88 Å². The van der Waals surface area contributed by atoms with Crippen LogP contribution in [0.25, 0.3) is 0 Å². The average Bonchev–Trinajstić information content (AvgIpc) is 2.76. The second kappa shape index (κ2) is 5.80. The van der Waals surface area contributed by atoms with Gasteiger partial charge in [0.2, 0.25) is 0 Å². The molecule has 0 amide bonds. The van der Waals surface area contributed by atoms with Crippen LogP contribution in [0.4, 0.5) is 13.2 Å². The van der Waals surface area contributed by atoms with E-state index in [9.17, 15) is 13.2 Å². The largest absolute Gasteiger partial charge is 0.416 e. The van der Waals surface area contributed by atoms with Crippen molar-refractivity contribution in [3.8, 4) is 0 Å². The summed E-state index contributed by atoms with van der Waals surface area (Å²) in [7, 11) is 1.80. The van der Waals surface area contributed by atoms with Gasteiger partial charge in [0.1, 0.15) is 0 Å². The summed E-state index contributed by atoms with van der Waals surface area (Å²) < 4.78 is 38.7. The molecule has 0 saturated heterocycles. The maximum atomic E-state index is 12.5. The summed E-state index contributed by atoms with van der Waals surface area (Å²) in [5, 5.41) is 5.14. The Labute approximate surface area is 127 Å². The van der Waals surface area contributed by atoms with E-state index in [1.54, 1.807) is 18.4 Å². The molecular formula is C13H11F3INS.